The number of benzene rings is 4. The number of amides is 1. The van der Waals surface area contributed by atoms with Crippen molar-refractivity contribution in [1.82, 2.24) is 18.8 Å². The number of anilines is 2. The Morgan fingerprint density at radius 1 is 0.582 bits per heavy atom. The third kappa shape index (κ3) is 14.8. The van der Waals surface area contributed by atoms with E-state index < -0.39 is 55.4 Å². The van der Waals surface area contributed by atoms with Crippen molar-refractivity contribution in [3.63, 3.8) is 0 Å². The number of carbonyl (C=O) groups excluding carboxylic acids is 3. The van der Waals surface area contributed by atoms with Crippen molar-refractivity contribution in [2.75, 3.05) is 51.7 Å². The van der Waals surface area contributed by atoms with Gasteiger partial charge < -0.3 is 38.5 Å². The van der Waals surface area contributed by atoms with Crippen molar-refractivity contribution in [2.24, 2.45) is 0 Å². The van der Waals surface area contributed by atoms with Crippen LogP contribution in [0.5, 0.6) is 34.5 Å². The van der Waals surface area contributed by atoms with E-state index in [0.29, 0.717) is 79.3 Å². The molecule has 0 radical (unpaired) electrons. The highest BCUT2D eigenvalue weighted by Gasteiger charge is 2.33. The molecule has 0 bridgehead atoms. The van der Waals surface area contributed by atoms with Gasteiger partial charge in [0.1, 0.15) is 40.1 Å². The summed E-state index contributed by atoms with van der Waals surface area (Å²) < 4.78 is 120. The number of pyridine rings is 2. The predicted molar refractivity (Wildman–Crippen MR) is 283 cm³/mol. The standard InChI is InChI=1S/C31H32F3N3O6.C26H24F3N3O4/c1-19-14-20(10-11-24(19)28(38)41-6)26-17-35-27-25(36(13-12-31(32,33)34)29(39)43-30(2,3)4)16-23(18-37(26)27)42-22-9-7-8-21(15-22)40-5;1-16-11-17(7-8-21(16)25(33)35-3)23-14-31-24-22(30-10-9-26(27,28)29)13-20(15-32(23)24)36-19-6-4-5-18(12-19)34-2/h7-11,14-18H,12-13H2,1-6H3;4-8,11-15,30H,9-10H2,1-3H3. The van der Waals surface area contributed by atoms with Gasteiger partial charge in [-0.05, 0) is 94.3 Å². The summed E-state index contributed by atoms with van der Waals surface area (Å²) in [6, 6.07) is 27.1. The first-order valence-corrected chi connectivity index (χ1v) is 24.3. The van der Waals surface area contributed by atoms with Crippen LogP contribution in [-0.4, -0.2) is 96.3 Å². The molecule has 22 heteroatoms. The zero-order valence-electron chi connectivity index (χ0n) is 44.5. The highest BCUT2D eigenvalue weighted by molar-refractivity contribution is 5.95. The van der Waals surface area contributed by atoms with Crippen LogP contribution in [-0.2, 0) is 14.2 Å². The summed E-state index contributed by atoms with van der Waals surface area (Å²) in [4.78, 5) is 47.3. The summed E-state index contributed by atoms with van der Waals surface area (Å²) in [6.45, 7) is 7.38. The van der Waals surface area contributed by atoms with Crippen LogP contribution in [0.4, 0.5) is 42.5 Å². The molecule has 1 amide bonds. The minimum Gasteiger partial charge on any atom is -0.497 e. The van der Waals surface area contributed by atoms with Gasteiger partial charge in [0.25, 0.3) is 0 Å². The largest absolute Gasteiger partial charge is 0.497 e. The van der Waals surface area contributed by atoms with E-state index in [1.165, 1.54) is 33.6 Å². The summed E-state index contributed by atoms with van der Waals surface area (Å²) in [5, 5.41) is 2.83. The van der Waals surface area contributed by atoms with Gasteiger partial charge in [0, 0.05) is 48.5 Å². The maximum atomic E-state index is 13.4. The van der Waals surface area contributed by atoms with Crippen LogP contribution in [0.2, 0.25) is 0 Å². The number of imidazole rings is 2. The number of alkyl halides is 6. The van der Waals surface area contributed by atoms with Crippen LogP contribution in [0, 0.1) is 13.8 Å². The van der Waals surface area contributed by atoms with Gasteiger partial charge in [-0.3, -0.25) is 13.7 Å². The van der Waals surface area contributed by atoms with E-state index in [0.717, 1.165) is 10.5 Å². The topological polar surface area (TPSA) is 166 Å². The van der Waals surface area contributed by atoms with Crippen LogP contribution in [0.25, 0.3) is 33.8 Å². The fourth-order valence-electron chi connectivity index (χ4n) is 8.10. The molecule has 0 aliphatic heterocycles. The fourth-order valence-corrected chi connectivity index (χ4v) is 8.10. The van der Waals surface area contributed by atoms with Gasteiger partial charge in [0.05, 0.1) is 100.0 Å². The van der Waals surface area contributed by atoms with Crippen LogP contribution >= 0.6 is 0 Å². The van der Waals surface area contributed by atoms with E-state index in [2.05, 4.69) is 15.3 Å². The molecule has 0 saturated heterocycles. The van der Waals surface area contributed by atoms with Crippen LogP contribution in [0.15, 0.2) is 122 Å². The van der Waals surface area contributed by atoms with Gasteiger partial charge in [-0.25, -0.2) is 24.4 Å². The number of aromatic nitrogens is 4. The molecule has 0 atom stereocenters. The minimum absolute atomic E-state index is 0.0491. The lowest BCUT2D eigenvalue weighted by atomic mass is 10.0. The highest BCUT2D eigenvalue weighted by atomic mass is 19.4. The average molecular weight is 1100 g/mol. The van der Waals surface area contributed by atoms with E-state index >= 15 is 0 Å². The number of hydrogen-bond acceptors (Lipinski definition) is 13. The quantitative estimate of drug-likeness (QED) is 0.0552. The lowest BCUT2D eigenvalue weighted by Crippen LogP contribution is -2.39. The molecule has 0 saturated carbocycles. The van der Waals surface area contributed by atoms with Gasteiger partial charge in [-0.2, -0.15) is 26.3 Å². The Labute approximate surface area is 450 Å². The second kappa shape index (κ2) is 24.2. The molecule has 0 fully saturated rings. The molecule has 0 unspecified atom stereocenters. The monoisotopic (exact) mass is 1100 g/mol. The molecule has 0 aliphatic rings. The number of ether oxygens (including phenoxy) is 7. The molecular formula is C57H56F6N6O10. The molecule has 16 nitrogen and oxygen atoms in total. The first-order chi connectivity index (χ1) is 37.4. The van der Waals surface area contributed by atoms with Crippen molar-refractivity contribution in [2.45, 2.75) is 65.4 Å². The third-order valence-electron chi connectivity index (χ3n) is 11.8. The second-order valence-corrected chi connectivity index (χ2v) is 18.7. The van der Waals surface area contributed by atoms with Crippen molar-refractivity contribution in [3.05, 3.63) is 144 Å². The number of methoxy groups -OCH3 is 4. The summed E-state index contributed by atoms with van der Waals surface area (Å²) in [5.74, 6) is 1.67. The molecule has 8 rings (SSSR count). The molecule has 8 aromatic rings. The van der Waals surface area contributed by atoms with Gasteiger partial charge >= 0.3 is 30.4 Å². The molecule has 4 heterocycles. The zero-order chi connectivity index (χ0) is 57.4. The Bertz CT molecular complexity index is 3500. The van der Waals surface area contributed by atoms with E-state index in [1.807, 2.05) is 6.07 Å². The first-order valence-electron chi connectivity index (χ1n) is 24.3. The minimum atomic E-state index is -4.54. The maximum Gasteiger partial charge on any atom is 0.414 e. The number of halogens is 6. The van der Waals surface area contributed by atoms with Crippen LogP contribution in [0.3, 0.4) is 0 Å². The van der Waals surface area contributed by atoms with Crippen molar-refractivity contribution >= 4 is 40.7 Å². The molecule has 4 aromatic heterocycles. The van der Waals surface area contributed by atoms with E-state index in [4.69, 9.17) is 33.2 Å². The summed E-state index contributed by atoms with van der Waals surface area (Å²) in [6.07, 6.45) is -5.62. The van der Waals surface area contributed by atoms with Gasteiger partial charge in [0.2, 0.25) is 0 Å². The number of fused-ring (bicyclic) bond motifs is 2. The Kier molecular flexibility index (Phi) is 17.7. The molecule has 79 heavy (non-hydrogen) atoms. The summed E-state index contributed by atoms with van der Waals surface area (Å²) in [5.41, 5.74) is 4.86. The van der Waals surface area contributed by atoms with E-state index in [9.17, 15) is 40.7 Å². The van der Waals surface area contributed by atoms with Crippen molar-refractivity contribution in [1.29, 1.82) is 0 Å². The molecule has 0 aliphatic carbocycles. The van der Waals surface area contributed by atoms with Gasteiger partial charge in [-0.1, -0.05) is 24.3 Å². The SMILES string of the molecule is COC(=O)c1ccc(-c2cnc3c(N(CCC(F)(F)F)C(=O)OC(C)(C)C)cc(Oc4cccc(OC)c4)cn23)cc1C.COC(=O)c1ccc(-c2cnc3c(NCCC(F)(F)F)cc(Oc4cccc(OC)c4)cn23)cc1C. The van der Waals surface area contributed by atoms with Gasteiger partial charge in [-0.15, -0.1) is 0 Å². The zero-order valence-corrected chi connectivity index (χ0v) is 44.5. The van der Waals surface area contributed by atoms with E-state index in [-0.39, 0.29) is 23.6 Å². The Morgan fingerprint density at radius 2 is 1.05 bits per heavy atom. The third-order valence-corrected chi connectivity index (χ3v) is 11.8. The smallest absolute Gasteiger partial charge is 0.414 e. The number of esters is 2. The van der Waals surface area contributed by atoms with Crippen LogP contribution < -0.4 is 29.2 Å². The van der Waals surface area contributed by atoms with Crippen LogP contribution in [0.1, 0.15) is 65.5 Å². The lowest BCUT2D eigenvalue weighted by molar-refractivity contribution is -0.132. The summed E-state index contributed by atoms with van der Waals surface area (Å²) >= 11 is 0. The number of nitrogens with one attached hydrogen (secondary N) is 1. The molecule has 4 aromatic carbocycles. The first kappa shape index (κ1) is 57.7. The number of nitrogens with zero attached hydrogens (tertiary/aromatic N) is 5. The normalized spacial score (nSPS) is 11.6. The molecule has 1 N–H and O–H groups in total. The lowest BCUT2D eigenvalue weighted by Gasteiger charge is -2.28. The predicted octanol–water partition coefficient (Wildman–Crippen LogP) is 13.9. The van der Waals surface area contributed by atoms with Crippen molar-refractivity contribution < 1.29 is 73.9 Å². The Balaban J connectivity index is 0.000000232. The molecular weight excluding hydrogens is 1040 g/mol. The summed E-state index contributed by atoms with van der Waals surface area (Å²) in [7, 11) is 5.66. The molecule has 0 spiro atoms. The average Bonchev–Trinajstić information content (AvgIpc) is 4.27. The van der Waals surface area contributed by atoms with Gasteiger partial charge in [0.15, 0.2) is 11.3 Å². The van der Waals surface area contributed by atoms with E-state index in [1.54, 1.807) is 154 Å². The Morgan fingerprint density at radius 3 is 1.51 bits per heavy atom. The maximum absolute atomic E-state index is 13.4. The number of aryl methyl sites for hydroxylation is 2. The number of hydrogen-bond donors (Lipinski definition) is 1. The molecule has 416 valence electrons. The van der Waals surface area contributed by atoms with Crippen molar-refractivity contribution in [3.8, 4) is 57.0 Å². The second-order valence-electron chi connectivity index (χ2n) is 18.7. The Hall–Kier alpha value is -8.95. The fraction of sp³-hybridized carbons (Fsp3) is 0.281. The number of carbonyl (C=O) groups is 3. The number of rotatable bonds is 16. The highest BCUT2D eigenvalue weighted by Crippen LogP contribution is 2.37.